The van der Waals surface area contributed by atoms with E-state index in [1.54, 1.807) is 7.11 Å². The quantitative estimate of drug-likeness (QED) is 0.741. The fourth-order valence-corrected chi connectivity index (χ4v) is 2.74. The maximum atomic E-state index is 12.1. The van der Waals surface area contributed by atoms with Crippen molar-refractivity contribution in [2.45, 2.75) is 38.2 Å². The lowest BCUT2D eigenvalue weighted by Gasteiger charge is -2.33. The van der Waals surface area contributed by atoms with E-state index in [0.717, 1.165) is 39.0 Å². The van der Waals surface area contributed by atoms with Gasteiger partial charge in [0.05, 0.1) is 12.6 Å². The highest BCUT2D eigenvalue weighted by Crippen LogP contribution is 2.14. The second-order valence-corrected chi connectivity index (χ2v) is 5.15. The number of piperidine rings is 2. The number of likely N-dealkylation sites (tertiary alicyclic amines) is 2. The second-order valence-electron chi connectivity index (χ2n) is 5.15. The topological polar surface area (TPSA) is 32.8 Å². The predicted molar refractivity (Wildman–Crippen MR) is 66.9 cm³/mol. The molecule has 4 nitrogen and oxygen atoms in total. The first-order valence-corrected chi connectivity index (χ1v) is 6.82. The standard InChI is InChI=1S/C13H24N2O2/c1-17-12-5-9-14(10-6-12)11-13(16)15-7-3-2-4-8-15/h12H,2-11H2,1H3. The van der Waals surface area contributed by atoms with Gasteiger partial charge in [0.15, 0.2) is 0 Å². The van der Waals surface area contributed by atoms with Crippen molar-refractivity contribution in [3.63, 3.8) is 0 Å². The lowest BCUT2D eigenvalue weighted by Crippen LogP contribution is -2.45. The van der Waals surface area contributed by atoms with Gasteiger partial charge in [0.25, 0.3) is 0 Å². The Morgan fingerprint density at radius 3 is 2.35 bits per heavy atom. The molecule has 0 aromatic heterocycles. The summed E-state index contributed by atoms with van der Waals surface area (Å²) in [7, 11) is 1.78. The lowest BCUT2D eigenvalue weighted by molar-refractivity contribution is -0.133. The largest absolute Gasteiger partial charge is 0.381 e. The van der Waals surface area contributed by atoms with Crippen molar-refractivity contribution < 1.29 is 9.53 Å². The molecule has 98 valence electrons. The molecule has 0 aromatic carbocycles. The van der Waals surface area contributed by atoms with E-state index >= 15 is 0 Å². The van der Waals surface area contributed by atoms with Crippen LogP contribution in [0.4, 0.5) is 0 Å². The number of amides is 1. The Hall–Kier alpha value is -0.610. The molecule has 2 heterocycles. The van der Waals surface area contributed by atoms with E-state index < -0.39 is 0 Å². The molecule has 4 heteroatoms. The van der Waals surface area contributed by atoms with Gasteiger partial charge in [-0.25, -0.2) is 0 Å². The zero-order valence-electron chi connectivity index (χ0n) is 10.9. The van der Waals surface area contributed by atoms with E-state index in [-0.39, 0.29) is 0 Å². The smallest absolute Gasteiger partial charge is 0.236 e. The van der Waals surface area contributed by atoms with Crippen molar-refractivity contribution in [2.75, 3.05) is 39.8 Å². The normalized spacial score (nSPS) is 23.9. The number of ether oxygens (including phenoxy) is 1. The molecular weight excluding hydrogens is 216 g/mol. The summed E-state index contributed by atoms with van der Waals surface area (Å²) in [6.45, 7) is 4.54. The molecule has 0 spiro atoms. The van der Waals surface area contributed by atoms with Gasteiger partial charge in [-0.3, -0.25) is 9.69 Å². The summed E-state index contributed by atoms with van der Waals surface area (Å²) >= 11 is 0. The zero-order valence-corrected chi connectivity index (χ0v) is 10.9. The van der Waals surface area contributed by atoms with Crippen molar-refractivity contribution in [2.24, 2.45) is 0 Å². The van der Waals surface area contributed by atoms with Crippen LogP contribution in [0.1, 0.15) is 32.1 Å². The average Bonchev–Trinajstić information content (AvgIpc) is 2.40. The van der Waals surface area contributed by atoms with E-state index in [0.29, 0.717) is 18.6 Å². The van der Waals surface area contributed by atoms with Gasteiger partial charge in [0.1, 0.15) is 0 Å². The molecule has 0 atom stereocenters. The van der Waals surface area contributed by atoms with Gasteiger partial charge < -0.3 is 9.64 Å². The molecule has 0 unspecified atom stereocenters. The Kier molecular flexibility index (Phi) is 4.80. The molecule has 1 amide bonds. The van der Waals surface area contributed by atoms with Gasteiger partial charge >= 0.3 is 0 Å². The lowest BCUT2D eigenvalue weighted by atomic mass is 10.1. The van der Waals surface area contributed by atoms with Gasteiger partial charge in [-0.15, -0.1) is 0 Å². The fraction of sp³-hybridized carbons (Fsp3) is 0.923. The van der Waals surface area contributed by atoms with Crippen molar-refractivity contribution >= 4 is 5.91 Å². The summed E-state index contributed by atoms with van der Waals surface area (Å²) in [4.78, 5) is 16.4. The fourth-order valence-electron chi connectivity index (χ4n) is 2.74. The van der Waals surface area contributed by atoms with Crippen LogP contribution >= 0.6 is 0 Å². The molecular formula is C13H24N2O2. The number of nitrogens with zero attached hydrogens (tertiary/aromatic N) is 2. The highest BCUT2D eigenvalue weighted by Gasteiger charge is 2.23. The highest BCUT2D eigenvalue weighted by atomic mass is 16.5. The minimum absolute atomic E-state index is 0.320. The van der Waals surface area contributed by atoms with Crippen molar-refractivity contribution in [1.82, 2.24) is 9.80 Å². The van der Waals surface area contributed by atoms with E-state index in [9.17, 15) is 4.79 Å². The Bertz CT molecular complexity index is 244. The van der Waals surface area contributed by atoms with Crippen molar-refractivity contribution in [1.29, 1.82) is 0 Å². The van der Waals surface area contributed by atoms with Gasteiger partial charge in [-0.05, 0) is 32.1 Å². The summed E-state index contributed by atoms with van der Waals surface area (Å²) in [5.41, 5.74) is 0. The third-order valence-corrected chi connectivity index (χ3v) is 3.94. The second kappa shape index (κ2) is 6.36. The number of methoxy groups -OCH3 is 1. The van der Waals surface area contributed by atoms with E-state index in [1.807, 2.05) is 4.90 Å². The Balaban J connectivity index is 1.71. The monoisotopic (exact) mass is 240 g/mol. The molecule has 0 saturated carbocycles. The Morgan fingerprint density at radius 2 is 1.76 bits per heavy atom. The third kappa shape index (κ3) is 3.68. The minimum Gasteiger partial charge on any atom is -0.381 e. The van der Waals surface area contributed by atoms with E-state index in [2.05, 4.69) is 4.90 Å². The van der Waals surface area contributed by atoms with E-state index in [1.165, 1.54) is 19.3 Å². The summed E-state index contributed by atoms with van der Waals surface area (Å²) in [6.07, 6.45) is 6.15. The number of hydrogen-bond donors (Lipinski definition) is 0. The molecule has 0 aromatic rings. The molecule has 2 saturated heterocycles. The van der Waals surface area contributed by atoms with Gasteiger partial charge in [-0.2, -0.15) is 0 Å². The summed E-state index contributed by atoms with van der Waals surface area (Å²) in [5.74, 6) is 0.320. The van der Waals surface area contributed by atoms with Gasteiger partial charge in [0, 0.05) is 33.3 Å². The van der Waals surface area contributed by atoms with Gasteiger partial charge in [-0.1, -0.05) is 0 Å². The van der Waals surface area contributed by atoms with Crippen LogP contribution in [-0.4, -0.2) is 61.6 Å². The van der Waals surface area contributed by atoms with Crippen LogP contribution in [0.3, 0.4) is 0 Å². The summed E-state index contributed by atoms with van der Waals surface area (Å²) < 4.78 is 5.34. The van der Waals surface area contributed by atoms with Crippen LogP contribution < -0.4 is 0 Å². The first kappa shape index (κ1) is 12.8. The third-order valence-electron chi connectivity index (χ3n) is 3.94. The summed E-state index contributed by atoms with van der Waals surface area (Å²) in [6, 6.07) is 0. The zero-order chi connectivity index (χ0) is 12.1. The number of carbonyl (C=O) groups excluding carboxylic acids is 1. The number of hydrogen-bond acceptors (Lipinski definition) is 3. The van der Waals surface area contributed by atoms with Crippen LogP contribution in [0, 0.1) is 0 Å². The predicted octanol–water partition coefficient (Wildman–Crippen LogP) is 1.11. The Morgan fingerprint density at radius 1 is 1.12 bits per heavy atom. The summed E-state index contributed by atoms with van der Waals surface area (Å²) in [5, 5.41) is 0. The number of rotatable bonds is 3. The maximum absolute atomic E-state index is 12.1. The van der Waals surface area contributed by atoms with Crippen molar-refractivity contribution in [3.05, 3.63) is 0 Å². The highest BCUT2D eigenvalue weighted by molar-refractivity contribution is 5.78. The SMILES string of the molecule is COC1CCN(CC(=O)N2CCCCC2)CC1. The van der Waals surface area contributed by atoms with Gasteiger partial charge in [0.2, 0.25) is 5.91 Å². The van der Waals surface area contributed by atoms with Crippen LogP contribution in [0.25, 0.3) is 0 Å². The molecule has 0 bridgehead atoms. The Labute approximate surface area is 104 Å². The molecule has 0 aliphatic carbocycles. The molecule has 0 N–H and O–H groups in total. The maximum Gasteiger partial charge on any atom is 0.236 e. The molecule has 2 fully saturated rings. The first-order chi connectivity index (χ1) is 8.29. The van der Waals surface area contributed by atoms with E-state index in [4.69, 9.17) is 4.74 Å². The molecule has 0 radical (unpaired) electrons. The van der Waals surface area contributed by atoms with Crippen molar-refractivity contribution in [3.8, 4) is 0 Å². The minimum atomic E-state index is 0.320. The average molecular weight is 240 g/mol. The number of carbonyl (C=O) groups is 1. The van der Waals surface area contributed by atoms with Crippen LogP contribution in [-0.2, 0) is 9.53 Å². The van der Waals surface area contributed by atoms with Crippen LogP contribution in [0.5, 0.6) is 0 Å². The molecule has 2 aliphatic heterocycles. The molecule has 2 rings (SSSR count). The molecule has 2 aliphatic rings. The first-order valence-electron chi connectivity index (χ1n) is 6.82. The molecule has 17 heavy (non-hydrogen) atoms. The van der Waals surface area contributed by atoms with Crippen LogP contribution in [0.2, 0.25) is 0 Å². The van der Waals surface area contributed by atoms with Crippen LogP contribution in [0.15, 0.2) is 0 Å².